The van der Waals surface area contributed by atoms with Gasteiger partial charge in [0, 0.05) is 11.5 Å². The molecule has 2 heterocycles. The molecule has 1 aliphatic heterocycles. The molecule has 0 atom stereocenters. The average molecular weight is 286 g/mol. The summed E-state index contributed by atoms with van der Waals surface area (Å²) in [5.41, 5.74) is -0.591. The molecule has 2 N–H and O–H groups in total. The van der Waals surface area contributed by atoms with Crippen molar-refractivity contribution < 1.29 is 19.4 Å². The summed E-state index contributed by atoms with van der Waals surface area (Å²) in [6, 6.07) is -0.285. The summed E-state index contributed by atoms with van der Waals surface area (Å²) >= 11 is 1.12. The maximum atomic E-state index is 11.8. The number of aromatic nitrogens is 2. The van der Waals surface area contributed by atoms with Gasteiger partial charge in [0.15, 0.2) is 0 Å². The number of nitrogens with one attached hydrogen (secondary N) is 1. The van der Waals surface area contributed by atoms with Crippen molar-refractivity contribution in [3.8, 4) is 0 Å². The summed E-state index contributed by atoms with van der Waals surface area (Å²) in [6.45, 7) is 3.86. The van der Waals surface area contributed by atoms with E-state index in [1.54, 1.807) is 13.8 Å². The van der Waals surface area contributed by atoms with E-state index in [9.17, 15) is 9.59 Å². The largest absolute Gasteiger partial charge is 0.480 e. The van der Waals surface area contributed by atoms with Crippen LogP contribution < -0.4 is 5.32 Å². The normalized spacial score (nSPS) is 16.8. The number of carboxylic acids is 1. The van der Waals surface area contributed by atoms with Crippen LogP contribution in [-0.4, -0.2) is 56.7 Å². The van der Waals surface area contributed by atoms with Gasteiger partial charge in [-0.25, -0.2) is 14.6 Å². The van der Waals surface area contributed by atoms with Crippen molar-refractivity contribution in [1.82, 2.24) is 14.3 Å². The van der Waals surface area contributed by atoms with Gasteiger partial charge in [0.2, 0.25) is 5.13 Å². The molecule has 0 unspecified atom stereocenters. The molecular weight excluding hydrogens is 272 g/mol. The zero-order valence-electron chi connectivity index (χ0n) is 10.5. The lowest BCUT2D eigenvalue weighted by atomic mass is 9.97. The summed E-state index contributed by atoms with van der Waals surface area (Å²) in [5.74, 6) is -0.410. The molecule has 1 aromatic rings. The monoisotopic (exact) mass is 286 g/mol. The van der Waals surface area contributed by atoms with Crippen molar-refractivity contribution in [3.63, 3.8) is 0 Å². The van der Waals surface area contributed by atoms with Crippen LogP contribution in [0.15, 0.2) is 0 Å². The highest BCUT2D eigenvalue weighted by Gasteiger charge is 2.43. The van der Waals surface area contributed by atoms with Gasteiger partial charge in [-0.05, 0) is 13.8 Å². The third-order valence-corrected chi connectivity index (χ3v) is 3.35. The number of aliphatic carboxylic acids is 1. The molecule has 0 radical (unpaired) electrons. The fraction of sp³-hybridized carbons (Fsp3) is 0.600. The van der Waals surface area contributed by atoms with Gasteiger partial charge in [-0.1, -0.05) is 0 Å². The van der Waals surface area contributed by atoms with Crippen molar-refractivity contribution in [2.24, 2.45) is 0 Å². The number of amides is 2. The van der Waals surface area contributed by atoms with Crippen molar-refractivity contribution in [2.45, 2.75) is 19.4 Å². The van der Waals surface area contributed by atoms with E-state index >= 15 is 0 Å². The van der Waals surface area contributed by atoms with Crippen LogP contribution in [0.4, 0.5) is 9.93 Å². The fourth-order valence-electron chi connectivity index (χ4n) is 1.75. The van der Waals surface area contributed by atoms with Gasteiger partial charge in [-0.3, -0.25) is 5.32 Å². The molecule has 0 spiro atoms. The number of carbonyl (C=O) groups excluding carboxylic acids is 1. The van der Waals surface area contributed by atoms with E-state index in [1.165, 1.54) is 4.90 Å². The standard InChI is InChI=1S/C10H14N4O4S/c1-6-11-8(19-13-6)12-9(17)14-4-10(2,5-14)18-3-7(15)16/h3-5H2,1-2H3,(H,15,16)(H,11,12,13,17). The minimum atomic E-state index is -1.02. The minimum absolute atomic E-state index is 0.285. The molecule has 8 nitrogen and oxygen atoms in total. The Morgan fingerprint density at radius 2 is 2.26 bits per heavy atom. The first-order valence-electron chi connectivity index (χ1n) is 5.60. The highest BCUT2D eigenvalue weighted by Crippen LogP contribution is 2.25. The highest BCUT2D eigenvalue weighted by molar-refractivity contribution is 7.09. The molecule has 2 amide bonds. The second kappa shape index (κ2) is 5.10. The fourth-order valence-corrected chi connectivity index (χ4v) is 2.32. The van der Waals surface area contributed by atoms with Crippen LogP contribution in [0.5, 0.6) is 0 Å². The number of urea groups is 1. The number of carbonyl (C=O) groups is 2. The molecule has 19 heavy (non-hydrogen) atoms. The van der Waals surface area contributed by atoms with Gasteiger partial charge in [-0.2, -0.15) is 4.37 Å². The van der Waals surface area contributed by atoms with Gasteiger partial charge in [-0.15, -0.1) is 0 Å². The van der Waals surface area contributed by atoms with Gasteiger partial charge in [0.25, 0.3) is 0 Å². The molecule has 104 valence electrons. The zero-order valence-corrected chi connectivity index (χ0v) is 11.4. The molecule has 2 rings (SSSR count). The molecule has 1 aliphatic rings. The second-order valence-corrected chi connectivity index (χ2v) is 5.32. The quantitative estimate of drug-likeness (QED) is 0.837. The van der Waals surface area contributed by atoms with Crippen LogP contribution in [0.3, 0.4) is 0 Å². The number of ether oxygens (including phenoxy) is 1. The maximum Gasteiger partial charge on any atom is 0.329 e. The van der Waals surface area contributed by atoms with Crippen LogP contribution >= 0.6 is 11.5 Å². The predicted octanol–water partition coefficient (Wildman–Crippen LogP) is 0.554. The maximum absolute atomic E-state index is 11.8. The van der Waals surface area contributed by atoms with E-state index < -0.39 is 11.6 Å². The topological polar surface area (TPSA) is 105 Å². The Kier molecular flexibility index (Phi) is 3.67. The number of carboxylic acid groups (broad SMARTS) is 1. The second-order valence-electron chi connectivity index (χ2n) is 4.57. The van der Waals surface area contributed by atoms with E-state index in [1.807, 2.05) is 0 Å². The number of hydrogen-bond acceptors (Lipinski definition) is 6. The molecular formula is C10H14N4O4S. The average Bonchev–Trinajstić information content (AvgIpc) is 2.68. The van der Waals surface area contributed by atoms with Gasteiger partial charge in [0.1, 0.15) is 18.0 Å². The van der Waals surface area contributed by atoms with Crippen LogP contribution in [0.2, 0.25) is 0 Å². The Bertz CT molecular complexity index is 497. The van der Waals surface area contributed by atoms with E-state index in [4.69, 9.17) is 9.84 Å². The van der Waals surface area contributed by atoms with Crippen molar-refractivity contribution in [3.05, 3.63) is 5.82 Å². The Morgan fingerprint density at radius 3 is 2.79 bits per heavy atom. The molecule has 0 aliphatic carbocycles. The summed E-state index contributed by atoms with van der Waals surface area (Å²) in [5, 5.41) is 11.6. The number of rotatable bonds is 4. The number of aryl methyl sites for hydroxylation is 1. The molecule has 1 fully saturated rings. The Morgan fingerprint density at radius 1 is 1.58 bits per heavy atom. The third-order valence-electron chi connectivity index (χ3n) is 2.62. The third kappa shape index (κ3) is 3.38. The minimum Gasteiger partial charge on any atom is -0.480 e. The lowest BCUT2D eigenvalue weighted by Gasteiger charge is -2.46. The van der Waals surface area contributed by atoms with Gasteiger partial charge in [0.05, 0.1) is 13.1 Å². The Labute approximate surface area is 113 Å². The Balaban J connectivity index is 1.79. The first-order valence-corrected chi connectivity index (χ1v) is 6.37. The molecule has 0 bridgehead atoms. The SMILES string of the molecule is Cc1nsc(NC(=O)N2CC(C)(OCC(=O)O)C2)n1. The highest BCUT2D eigenvalue weighted by atomic mass is 32.1. The predicted molar refractivity (Wildman–Crippen MR) is 67.2 cm³/mol. The summed E-state index contributed by atoms with van der Waals surface area (Å²) < 4.78 is 9.17. The van der Waals surface area contributed by atoms with Gasteiger partial charge < -0.3 is 14.7 Å². The number of hydrogen-bond donors (Lipinski definition) is 2. The molecule has 1 aromatic heterocycles. The van der Waals surface area contributed by atoms with Crippen molar-refractivity contribution in [2.75, 3.05) is 25.0 Å². The molecule has 0 saturated carbocycles. The van der Waals surface area contributed by atoms with Crippen LogP contribution in [-0.2, 0) is 9.53 Å². The first kappa shape index (κ1) is 13.7. The van der Waals surface area contributed by atoms with Crippen molar-refractivity contribution >= 4 is 28.7 Å². The lowest BCUT2D eigenvalue weighted by molar-refractivity contribution is -0.159. The van der Waals surface area contributed by atoms with E-state index in [2.05, 4.69) is 14.7 Å². The smallest absolute Gasteiger partial charge is 0.329 e. The number of anilines is 1. The van der Waals surface area contributed by atoms with Crippen molar-refractivity contribution in [1.29, 1.82) is 0 Å². The molecule has 9 heteroatoms. The van der Waals surface area contributed by atoms with E-state index in [0.717, 1.165) is 11.5 Å². The van der Waals surface area contributed by atoms with Crippen LogP contribution in [0.25, 0.3) is 0 Å². The van der Waals surface area contributed by atoms with E-state index in [0.29, 0.717) is 24.0 Å². The lowest BCUT2D eigenvalue weighted by Crippen LogP contribution is -2.64. The van der Waals surface area contributed by atoms with Crippen LogP contribution in [0, 0.1) is 6.92 Å². The Hall–Kier alpha value is -1.74. The van der Waals surface area contributed by atoms with Crippen LogP contribution in [0.1, 0.15) is 12.7 Å². The first-order chi connectivity index (χ1) is 8.88. The molecule has 0 aromatic carbocycles. The summed E-state index contributed by atoms with van der Waals surface area (Å²) in [4.78, 5) is 27.8. The number of likely N-dealkylation sites (tertiary alicyclic amines) is 1. The number of nitrogens with zero attached hydrogens (tertiary/aromatic N) is 3. The van der Waals surface area contributed by atoms with Gasteiger partial charge >= 0.3 is 12.0 Å². The summed E-state index contributed by atoms with van der Waals surface area (Å²) in [7, 11) is 0. The van der Waals surface area contributed by atoms with E-state index in [-0.39, 0.29) is 12.6 Å². The molecule has 1 saturated heterocycles. The zero-order chi connectivity index (χ0) is 14.0. The summed E-state index contributed by atoms with van der Waals surface area (Å²) in [6.07, 6.45) is 0.